The molecule has 0 radical (unpaired) electrons. The number of nitrogens with zero attached hydrogens (tertiary/aromatic N) is 1. The second kappa shape index (κ2) is 8.21. The zero-order valence-electron chi connectivity index (χ0n) is 14.2. The Morgan fingerprint density at radius 3 is 2.33 bits per heavy atom. The Bertz CT molecular complexity index is 609. The van der Waals surface area contributed by atoms with Gasteiger partial charge in [0.25, 0.3) is 5.91 Å². The topological polar surface area (TPSA) is 49.4 Å². The van der Waals surface area contributed by atoms with Crippen LogP contribution >= 0.6 is 23.2 Å². The van der Waals surface area contributed by atoms with E-state index < -0.39 is 5.54 Å². The summed E-state index contributed by atoms with van der Waals surface area (Å²) in [5, 5.41) is 3.77. The summed E-state index contributed by atoms with van der Waals surface area (Å²) in [4.78, 5) is 27.6. The molecule has 0 aromatic heterocycles. The first-order valence-corrected chi connectivity index (χ1v) is 9.26. The number of carbonyl (C=O) groups excluding carboxylic acids is 2. The average Bonchev–Trinajstić information content (AvgIpc) is 2.58. The van der Waals surface area contributed by atoms with Gasteiger partial charge in [-0.25, -0.2) is 0 Å². The van der Waals surface area contributed by atoms with E-state index in [4.69, 9.17) is 23.2 Å². The zero-order chi connectivity index (χ0) is 17.7. The van der Waals surface area contributed by atoms with Crippen LogP contribution in [0.3, 0.4) is 0 Å². The van der Waals surface area contributed by atoms with Crippen LogP contribution in [0, 0.1) is 0 Å². The number of rotatable bonds is 5. The predicted molar refractivity (Wildman–Crippen MR) is 97.7 cm³/mol. The van der Waals surface area contributed by atoms with Crippen LogP contribution in [0.1, 0.15) is 56.3 Å². The van der Waals surface area contributed by atoms with Gasteiger partial charge in [0.05, 0.1) is 10.6 Å². The number of carbonyl (C=O) groups is 2. The molecule has 0 unspecified atom stereocenters. The number of nitrogens with one attached hydrogen (secondary N) is 1. The molecular formula is C18H24Cl2N2O2. The Balaban J connectivity index is 2.30. The SMILES string of the molecule is CCN(CC)C(=O)C1(NC(=O)c2cc(Cl)ccc2Cl)CCCCC1. The summed E-state index contributed by atoms with van der Waals surface area (Å²) in [5.74, 6) is -0.344. The van der Waals surface area contributed by atoms with Crippen molar-refractivity contribution in [2.75, 3.05) is 13.1 Å². The van der Waals surface area contributed by atoms with Crippen molar-refractivity contribution in [3.63, 3.8) is 0 Å². The molecular weight excluding hydrogens is 347 g/mol. The molecule has 1 saturated carbocycles. The van der Waals surface area contributed by atoms with E-state index >= 15 is 0 Å². The minimum absolute atomic E-state index is 0.00120. The number of benzene rings is 1. The first-order valence-electron chi connectivity index (χ1n) is 8.50. The number of amides is 2. The molecule has 1 aliphatic carbocycles. The molecule has 2 amide bonds. The van der Waals surface area contributed by atoms with Crippen molar-refractivity contribution < 1.29 is 9.59 Å². The first kappa shape index (κ1) is 19.1. The van der Waals surface area contributed by atoms with Gasteiger partial charge in [-0.2, -0.15) is 0 Å². The van der Waals surface area contributed by atoms with Crippen LogP contribution in [-0.2, 0) is 4.79 Å². The maximum Gasteiger partial charge on any atom is 0.253 e. The van der Waals surface area contributed by atoms with E-state index in [0.717, 1.165) is 19.3 Å². The second-order valence-electron chi connectivity index (χ2n) is 6.20. The smallest absolute Gasteiger partial charge is 0.253 e. The van der Waals surface area contributed by atoms with Crippen LogP contribution in [-0.4, -0.2) is 35.3 Å². The fourth-order valence-corrected chi connectivity index (χ4v) is 3.69. The third-order valence-electron chi connectivity index (χ3n) is 4.69. The van der Waals surface area contributed by atoms with Crippen molar-refractivity contribution in [1.29, 1.82) is 0 Å². The molecule has 4 nitrogen and oxygen atoms in total. The number of likely N-dealkylation sites (N-methyl/N-ethyl adjacent to an activating group) is 1. The van der Waals surface area contributed by atoms with Gasteiger partial charge in [0.15, 0.2) is 0 Å². The van der Waals surface area contributed by atoms with E-state index in [1.165, 1.54) is 6.07 Å². The lowest BCUT2D eigenvalue weighted by atomic mass is 9.80. The summed E-state index contributed by atoms with van der Waals surface area (Å²) in [5.41, 5.74) is -0.533. The van der Waals surface area contributed by atoms with Crippen molar-refractivity contribution in [1.82, 2.24) is 10.2 Å². The molecule has 2 rings (SSSR count). The molecule has 0 aliphatic heterocycles. The fourth-order valence-electron chi connectivity index (χ4n) is 3.32. The van der Waals surface area contributed by atoms with Gasteiger partial charge in [0.2, 0.25) is 5.91 Å². The van der Waals surface area contributed by atoms with E-state index in [2.05, 4.69) is 5.32 Å². The van der Waals surface area contributed by atoms with E-state index in [9.17, 15) is 9.59 Å². The van der Waals surface area contributed by atoms with Gasteiger partial charge in [0, 0.05) is 18.1 Å². The van der Waals surface area contributed by atoms with E-state index in [1.54, 1.807) is 17.0 Å². The van der Waals surface area contributed by atoms with Gasteiger partial charge in [-0.15, -0.1) is 0 Å². The lowest BCUT2D eigenvalue weighted by Crippen LogP contribution is -2.60. The zero-order valence-corrected chi connectivity index (χ0v) is 15.7. The van der Waals surface area contributed by atoms with Crippen molar-refractivity contribution in [2.45, 2.75) is 51.5 Å². The number of halogens is 2. The summed E-state index contributed by atoms with van der Waals surface area (Å²) in [7, 11) is 0. The van der Waals surface area contributed by atoms with Gasteiger partial charge in [-0.1, -0.05) is 42.5 Å². The number of hydrogen-bond donors (Lipinski definition) is 1. The van der Waals surface area contributed by atoms with Crippen LogP contribution in [0.25, 0.3) is 0 Å². The lowest BCUT2D eigenvalue weighted by Gasteiger charge is -2.40. The average molecular weight is 371 g/mol. The monoisotopic (exact) mass is 370 g/mol. The van der Waals surface area contributed by atoms with E-state index in [0.29, 0.717) is 41.5 Å². The summed E-state index contributed by atoms with van der Waals surface area (Å²) in [6.45, 7) is 5.16. The van der Waals surface area contributed by atoms with E-state index in [-0.39, 0.29) is 11.8 Å². The van der Waals surface area contributed by atoms with Gasteiger partial charge in [-0.05, 0) is 44.9 Å². The second-order valence-corrected chi connectivity index (χ2v) is 7.04. The summed E-state index contributed by atoms with van der Waals surface area (Å²) < 4.78 is 0. The molecule has 1 aliphatic rings. The highest BCUT2D eigenvalue weighted by molar-refractivity contribution is 6.35. The van der Waals surface area contributed by atoms with Crippen molar-refractivity contribution >= 4 is 35.0 Å². The third-order valence-corrected chi connectivity index (χ3v) is 5.26. The quantitative estimate of drug-likeness (QED) is 0.839. The molecule has 0 heterocycles. The minimum Gasteiger partial charge on any atom is -0.341 e. The van der Waals surface area contributed by atoms with Crippen LogP contribution in [0.4, 0.5) is 0 Å². The molecule has 0 atom stereocenters. The van der Waals surface area contributed by atoms with Crippen LogP contribution in [0.5, 0.6) is 0 Å². The van der Waals surface area contributed by atoms with Gasteiger partial charge in [0.1, 0.15) is 5.54 Å². The standard InChI is InChI=1S/C18H24Cl2N2O2/c1-3-22(4-2)17(24)18(10-6-5-7-11-18)21-16(23)14-12-13(19)8-9-15(14)20/h8-9,12H,3-7,10-11H2,1-2H3,(H,21,23). The molecule has 24 heavy (non-hydrogen) atoms. The molecule has 1 aromatic rings. The van der Waals surface area contributed by atoms with Gasteiger partial charge < -0.3 is 10.2 Å². The third kappa shape index (κ3) is 4.04. The van der Waals surface area contributed by atoms with Crippen molar-refractivity contribution in [2.24, 2.45) is 0 Å². The first-order chi connectivity index (χ1) is 11.4. The normalized spacial score (nSPS) is 16.5. The van der Waals surface area contributed by atoms with Gasteiger partial charge >= 0.3 is 0 Å². The summed E-state index contributed by atoms with van der Waals surface area (Å²) in [6.07, 6.45) is 4.26. The Labute approximate surface area is 153 Å². The molecule has 132 valence electrons. The maximum absolute atomic E-state index is 13.1. The highest BCUT2D eigenvalue weighted by atomic mass is 35.5. The Morgan fingerprint density at radius 1 is 1.12 bits per heavy atom. The molecule has 0 spiro atoms. The van der Waals surface area contributed by atoms with E-state index in [1.807, 2.05) is 13.8 Å². The summed E-state index contributed by atoms with van der Waals surface area (Å²) >= 11 is 12.1. The molecule has 6 heteroatoms. The largest absolute Gasteiger partial charge is 0.341 e. The van der Waals surface area contributed by atoms with Crippen molar-refractivity contribution in [3.05, 3.63) is 33.8 Å². The molecule has 1 fully saturated rings. The maximum atomic E-state index is 13.1. The molecule has 1 N–H and O–H groups in total. The van der Waals surface area contributed by atoms with Crippen LogP contribution in [0.2, 0.25) is 10.0 Å². The van der Waals surface area contributed by atoms with Crippen LogP contribution < -0.4 is 5.32 Å². The van der Waals surface area contributed by atoms with Crippen molar-refractivity contribution in [3.8, 4) is 0 Å². The number of hydrogen-bond acceptors (Lipinski definition) is 2. The fraction of sp³-hybridized carbons (Fsp3) is 0.556. The Morgan fingerprint density at radius 2 is 1.75 bits per heavy atom. The van der Waals surface area contributed by atoms with Gasteiger partial charge in [-0.3, -0.25) is 9.59 Å². The Hall–Kier alpha value is -1.26. The summed E-state index contributed by atoms with van der Waals surface area (Å²) in [6, 6.07) is 4.77. The predicted octanol–water partition coefficient (Wildman–Crippen LogP) is 4.29. The minimum atomic E-state index is -0.840. The van der Waals surface area contributed by atoms with Crippen LogP contribution in [0.15, 0.2) is 18.2 Å². The highest BCUT2D eigenvalue weighted by Crippen LogP contribution is 2.31. The molecule has 1 aromatic carbocycles. The lowest BCUT2D eigenvalue weighted by molar-refractivity contribution is -0.139. The highest BCUT2D eigenvalue weighted by Gasteiger charge is 2.43. The molecule has 0 saturated heterocycles. The molecule has 0 bridgehead atoms. The Kier molecular flexibility index (Phi) is 6.53.